The lowest BCUT2D eigenvalue weighted by Gasteiger charge is -2.38. The minimum absolute atomic E-state index is 0.0123. The molecule has 0 spiro atoms. The number of hydrogen-bond donors (Lipinski definition) is 2. The Morgan fingerprint density at radius 3 is 2.46 bits per heavy atom. The summed E-state index contributed by atoms with van der Waals surface area (Å²) in [5, 5.41) is 18.7. The zero-order valence-electron chi connectivity index (χ0n) is 22.2. The third-order valence-electron chi connectivity index (χ3n) is 7.28. The molecule has 2 unspecified atom stereocenters. The molecule has 1 amide bonds. The zero-order valence-corrected chi connectivity index (χ0v) is 23.8. The highest BCUT2D eigenvalue weighted by Gasteiger charge is 2.40. The number of amides is 1. The Morgan fingerprint density at radius 2 is 1.83 bits per heavy atom. The van der Waals surface area contributed by atoms with Crippen LogP contribution in [-0.4, -0.2) is 39.0 Å². The predicted molar refractivity (Wildman–Crippen MR) is 151 cm³/mol. The van der Waals surface area contributed by atoms with Crippen molar-refractivity contribution in [2.45, 2.75) is 31.8 Å². The molecule has 0 aliphatic carbocycles. The molecular formula is C30H29BrF2N4O4. The SMILES string of the molecule is CC(CC1COC(c2ccc(C(=O)Nc3ccc(Br)cc3)cc2)OC1)C(O)(Cn1cncn1)c1ccc(F)cc1F. The second-order valence-electron chi connectivity index (χ2n) is 10.2. The van der Waals surface area contributed by atoms with Gasteiger partial charge < -0.3 is 19.9 Å². The number of carbonyl (C=O) groups excluding carboxylic acids is 1. The first kappa shape index (κ1) is 29.0. The second-order valence-corrected chi connectivity index (χ2v) is 11.1. The van der Waals surface area contributed by atoms with Gasteiger partial charge in [0.2, 0.25) is 0 Å². The Kier molecular flexibility index (Phi) is 8.88. The maximum absolute atomic E-state index is 14.8. The largest absolute Gasteiger partial charge is 0.383 e. The van der Waals surface area contributed by atoms with E-state index in [2.05, 4.69) is 31.3 Å². The van der Waals surface area contributed by atoms with Gasteiger partial charge >= 0.3 is 0 Å². The van der Waals surface area contributed by atoms with Gasteiger partial charge in [0.15, 0.2) is 6.29 Å². The van der Waals surface area contributed by atoms with Gasteiger partial charge in [0.05, 0.1) is 19.8 Å². The van der Waals surface area contributed by atoms with Crippen molar-refractivity contribution in [2.24, 2.45) is 11.8 Å². The van der Waals surface area contributed by atoms with Crippen LogP contribution < -0.4 is 5.32 Å². The van der Waals surface area contributed by atoms with Gasteiger partial charge in [-0.2, -0.15) is 5.10 Å². The van der Waals surface area contributed by atoms with E-state index in [0.717, 1.165) is 22.2 Å². The van der Waals surface area contributed by atoms with E-state index in [0.29, 0.717) is 30.9 Å². The van der Waals surface area contributed by atoms with Gasteiger partial charge in [-0.25, -0.2) is 18.4 Å². The lowest BCUT2D eigenvalue weighted by atomic mass is 9.77. The first-order valence-corrected chi connectivity index (χ1v) is 13.9. The topological polar surface area (TPSA) is 98.5 Å². The number of benzene rings is 3. The second kappa shape index (κ2) is 12.6. The molecule has 11 heteroatoms. The number of halogens is 3. The van der Waals surface area contributed by atoms with Crippen molar-refractivity contribution < 1.29 is 28.2 Å². The Balaban J connectivity index is 1.20. The summed E-state index contributed by atoms with van der Waals surface area (Å²) in [7, 11) is 0. The lowest BCUT2D eigenvalue weighted by Crippen LogP contribution is -2.41. The van der Waals surface area contributed by atoms with E-state index in [-0.39, 0.29) is 23.9 Å². The molecular weight excluding hydrogens is 598 g/mol. The molecule has 8 nitrogen and oxygen atoms in total. The number of anilines is 1. The van der Waals surface area contributed by atoms with Crippen molar-refractivity contribution in [1.82, 2.24) is 14.8 Å². The van der Waals surface area contributed by atoms with Crippen molar-refractivity contribution >= 4 is 27.5 Å². The predicted octanol–water partition coefficient (Wildman–Crippen LogP) is 5.85. The summed E-state index contributed by atoms with van der Waals surface area (Å²) in [6.45, 7) is 2.46. The Hall–Kier alpha value is -3.51. The Morgan fingerprint density at radius 1 is 1.12 bits per heavy atom. The Bertz CT molecular complexity index is 1460. The molecule has 1 aliphatic rings. The van der Waals surface area contributed by atoms with Gasteiger partial charge in [-0.3, -0.25) is 4.79 Å². The third kappa shape index (κ3) is 6.87. The van der Waals surface area contributed by atoms with E-state index in [9.17, 15) is 18.7 Å². The summed E-state index contributed by atoms with van der Waals surface area (Å²) >= 11 is 3.37. The minimum Gasteiger partial charge on any atom is -0.383 e. The van der Waals surface area contributed by atoms with Crippen molar-refractivity contribution in [3.8, 4) is 0 Å². The van der Waals surface area contributed by atoms with Gasteiger partial charge in [0.25, 0.3) is 5.91 Å². The first-order chi connectivity index (χ1) is 19.7. The van der Waals surface area contributed by atoms with Gasteiger partial charge in [0.1, 0.15) is 29.9 Å². The summed E-state index contributed by atoms with van der Waals surface area (Å²) in [4.78, 5) is 16.5. The summed E-state index contributed by atoms with van der Waals surface area (Å²) < 4.78 is 42.8. The molecule has 0 saturated carbocycles. The first-order valence-electron chi connectivity index (χ1n) is 13.1. The van der Waals surface area contributed by atoms with E-state index in [1.165, 1.54) is 23.4 Å². The Labute approximate surface area is 244 Å². The highest BCUT2D eigenvalue weighted by molar-refractivity contribution is 9.10. The number of rotatable bonds is 9. The molecule has 1 fully saturated rings. The van der Waals surface area contributed by atoms with Crippen LogP contribution in [0.25, 0.3) is 0 Å². The molecule has 41 heavy (non-hydrogen) atoms. The quantitative estimate of drug-likeness (QED) is 0.242. The molecule has 3 aromatic carbocycles. The highest BCUT2D eigenvalue weighted by Crippen LogP contribution is 2.38. The molecule has 1 saturated heterocycles. The standard InChI is InChI=1S/C30H29BrF2N4O4/c1-19(30(39,16-37-18-34-17-35-37)26-11-8-24(32)13-27(26)33)12-20-14-40-29(41-15-20)22-4-2-21(3-5-22)28(38)36-25-9-6-23(31)7-10-25/h2-11,13,17-20,29,39H,12,14-16H2,1H3,(H,36,38). The van der Waals surface area contributed by atoms with Crippen LogP contribution in [-0.2, 0) is 21.6 Å². The molecule has 2 heterocycles. The average molecular weight is 627 g/mol. The number of ether oxygens (including phenoxy) is 2. The van der Waals surface area contributed by atoms with Crippen molar-refractivity contribution in [1.29, 1.82) is 0 Å². The molecule has 5 rings (SSSR count). The van der Waals surface area contributed by atoms with Gasteiger partial charge in [0, 0.05) is 38.8 Å². The smallest absolute Gasteiger partial charge is 0.255 e. The number of hydrogen-bond acceptors (Lipinski definition) is 6. The summed E-state index contributed by atoms with van der Waals surface area (Å²) in [6, 6.07) is 17.5. The molecule has 0 bridgehead atoms. The van der Waals surface area contributed by atoms with Crippen molar-refractivity contribution in [2.75, 3.05) is 18.5 Å². The summed E-state index contributed by atoms with van der Waals surface area (Å²) in [5.74, 6) is -2.33. The lowest BCUT2D eigenvalue weighted by molar-refractivity contribution is -0.210. The number of nitrogens with one attached hydrogen (secondary N) is 1. The molecule has 1 aromatic heterocycles. The minimum atomic E-state index is -1.69. The molecule has 4 aromatic rings. The van der Waals surface area contributed by atoms with Crippen LogP contribution in [0.5, 0.6) is 0 Å². The molecule has 2 N–H and O–H groups in total. The fraction of sp³-hybridized carbons (Fsp3) is 0.300. The van der Waals surface area contributed by atoms with E-state index in [1.54, 1.807) is 24.3 Å². The van der Waals surface area contributed by atoms with E-state index in [4.69, 9.17) is 9.47 Å². The number of carbonyl (C=O) groups is 1. The van der Waals surface area contributed by atoms with Gasteiger partial charge in [-0.15, -0.1) is 0 Å². The van der Waals surface area contributed by atoms with E-state index in [1.807, 2.05) is 31.2 Å². The fourth-order valence-corrected chi connectivity index (χ4v) is 5.27. The average Bonchev–Trinajstić information content (AvgIpc) is 3.47. The van der Waals surface area contributed by atoms with Crippen molar-refractivity contribution in [3.63, 3.8) is 0 Å². The summed E-state index contributed by atoms with van der Waals surface area (Å²) in [6.07, 6.45) is 2.61. The third-order valence-corrected chi connectivity index (χ3v) is 7.81. The van der Waals surface area contributed by atoms with E-state index >= 15 is 0 Å². The number of nitrogens with zero attached hydrogens (tertiary/aromatic N) is 3. The highest BCUT2D eigenvalue weighted by atomic mass is 79.9. The van der Waals surface area contributed by atoms with Crippen molar-refractivity contribution in [3.05, 3.63) is 112 Å². The summed E-state index contributed by atoms with van der Waals surface area (Å²) in [5.41, 5.74) is 0.264. The zero-order chi connectivity index (χ0) is 29.0. The van der Waals surface area contributed by atoms with Gasteiger partial charge in [-0.1, -0.05) is 41.1 Å². The molecule has 2 atom stereocenters. The van der Waals surface area contributed by atoms with Crippen LogP contribution in [0.4, 0.5) is 14.5 Å². The van der Waals surface area contributed by atoms with Crippen LogP contribution in [0, 0.1) is 23.5 Å². The molecule has 0 radical (unpaired) electrons. The monoisotopic (exact) mass is 626 g/mol. The number of aromatic nitrogens is 3. The maximum Gasteiger partial charge on any atom is 0.255 e. The normalized spacial score (nSPS) is 19.3. The maximum atomic E-state index is 14.8. The van der Waals surface area contributed by atoms with Gasteiger partial charge in [-0.05, 0) is 54.8 Å². The van der Waals surface area contributed by atoms with Crippen LogP contribution in [0.15, 0.2) is 83.9 Å². The van der Waals surface area contributed by atoms with Crippen LogP contribution in [0.3, 0.4) is 0 Å². The molecule has 214 valence electrons. The number of aliphatic hydroxyl groups is 1. The van der Waals surface area contributed by atoms with Crippen LogP contribution in [0.1, 0.15) is 41.1 Å². The van der Waals surface area contributed by atoms with Crippen LogP contribution in [0.2, 0.25) is 0 Å². The fourth-order valence-electron chi connectivity index (χ4n) is 5.00. The van der Waals surface area contributed by atoms with E-state index < -0.39 is 29.4 Å². The van der Waals surface area contributed by atoms with Crippen LogP contribution >= 0.6 is 15.9 Å². The molecule has 1 aliphatic heterocycles.